The second kappa shape index (κ2) is 26.5. The number of ether oxygens (including phenoxy) is 11. The van der Waals surface area contributed by atoms with Crippen molar-refractivity contribution in [2.75, 3.05) is 19.8 Å². The van der Waals surface area contributed by atoms with Crippen molar-refractivity contribution in [1.82, 2.24) is 5.32 Å². The summed E-state index contributed by atoms with van der Waals surface area (Å²) in [4.78, 5) is 94.4. The van der Waals surface area contributed by atoms with Gasteiger partial charge >= 0.3 is 41.9 Å². The highest BCUT2D eigenvalue weighted by Crippen LogP contribution is 2.44. The molecule has 3 aliphatic rings. The SMILES string of the molecule is CC(=O)O[C@@H]1[C@@H](N)[C@@H](O[C@H](C)[C@H](NC(=O)OCC2c3ccccc3-c3ccccc32)C(=O)OC(C)(C)C)O[C@H](CO[C@@H]2O[C@H](COC(=O)c3ccccc3)[C@@H](OC(=O)c3ccccc3)[C@H](OC(=O)c3ccccc3)[C@H]2N)[C@@H]1OC(C)=O. The lowest BCUT2D eigenvalue weighted by molar-refractivity contribution is -0.306. The van der Waals surface area contributed by atoms with Crippen LogP contribution in [0.25, 0.3) is 11.1 Å². The van der Waals surface area contributed by atoms with Crippen LogP contribution in [-0.4, -0.2) is 141 Å². The van der Waals surface area contributed by atoms with Gasteiger partial charge in [-0.25, -0.2) is 24.0 Å². The molecule has 5 N–H and O–H groups in total. The van der Waals surface area contributed by atoms with Crippen molar-refractivity contribution in [3.63, 3.8) is 0 Å². The van der Waals surface area contributed by atoms with Crippen LogP contribution in [0.15, 0.2) is 140 Å². The molecule has 2 saturated heterocycles. The van der Waals surface area contributed by atoms with Gasteiger partial charge in [0.25, 0.3) is 0 Å². The van der Waals surface area contributed by atoms with Crippen LogP contribution in [0.1, 0.15) is 89.7 Å². The lowest BCUT2D eigenvalue weighted by Crippen LogP contribution is -2.67. The van der Waals surface area contributed by atoms with Crippen molar-refractivity contribution < 1.29 is 85.7 Å². The third-order valence-electron chi connectivity index (χ3n) is 13.4. The maximum absolute atomic E-state index is 14.0. The lowest BCUT2D eigenvalue weighted by Gasteiger charge is -2.46. The van der Waals surface area contributed by atoms with Gasteiger partial charge in [0.05, 0.1) is 41.5 Å². The first kappa shape index (κ1) is 59.1. The third-order valence-corrected chi connectivity index (χ3v) is 13.4. The highest BCUT2D eigenvalue weighted by molar-refractivity contribution is 5.91. The van der Waals surface area contributed by atoms with Crippen LogP contribution >= 0.6 is 0 Å². The van der Waals surface area contributed by atoms with Gasteiger partial charge in [0.2, 0.25) is 0 Å². The number of carbonyl (C=O) groups excluding carboxylic acids is 7. The predicted molar refractivity (Wildman–Crippen MR) is 287 cm³/mol. The highest BCUT2D eigenvalue weighted by atomic mass is 16.7. The highest BCUT2D eigenvalue weighted by Gasteiger charge is 2.53. The molecule has 8 rings (SSSR count). The fourth-order valence-corrected chi connectivity index (χ4v) is 9.68. The van der Waals surface area contributed by atoms with E-state index in [1.807, 2.05) is 48.5 Å². The summed E-state index contributed by atoms with van der Waals surface area (Å²) < 4.78 is 66.2. The number of nitrogens with one attached hydrogen (secondary N) is 1. The number of hydrogen-bond donors (Lipinski definition) is 3. The van der Waals surface area contributed by atoms with E-state index in [0.717, 1.165) is 36.1 Å². The summed E-state index contributed by atoms with van der Waals surface area (Å²) in [6, 6.07) is 35.0. The molecule has 428 valence electrons. The average molecular weight is 1120 g/mol. The maximum atomic E-state index is 14.0. The molecule has 21 nitrogen and oxygen atoms in total. The lowest BCUT2D eigenvalue weighted by atomic mass is 9.95. The van der Waals surface area contributed by atoms with E-state index >= 15 is 0 Å². The Bertz CT molecular complexity index is 2970. The molecule has 2 aliphatic heterocycles. The molecule has 2 fully saturated rings. The van der Waals surface area contributed by atoms with Gasteiger partial charge in [0.15, 0.2) is 43.0 Å². The number of carbonyl (C=O) groups is 7. The summed E-state index contributed by atoms with van der Waals surface area (Å²) in [5.41, 5.74) is 17.0. The van der Waals surface area contributed by atoms with Crippen LogP contribution in [0.4, 0.5) is 4.79 Å². The Morgan fingerprint density at radius 3 is 1.49 bits per heavy atom. The van der Waals surface area contributed by atoms with E-state index in [4.69, 9.17) is 63.6 Å². The summed E-state index contributed by atoms with van der Waals surface area (Å²) >= 11 is 0. The quantitative estimate of drug-likeness (QED) is 0.0637. The summed E-state index contributed by atoms with van der Waals surface area (Å²) in [6.45, 7) is 7.25. The molecule has 0 saturated carbocycles. The van der Waals surface area contributed by atoms with Crippen LogP contribution in [0, 0.1) is 0 Å². The van der Waals surface area contributed by atoms with Crippen molar-refractivity contribution in [3.05, 3.63) is 167 Å². The Balaban J connectivity index is 1.05. The molecule has 81 heavy (non-hydrogen) atoms. The van der Waals surface area contributed by atoms with Crippen molar-refractivity contribution in [3.8, 4) is 11.1 Å². The number of alkyl carbamates (subject to hydrolysis) is 1. The molecule has 0 unspecified atom stereocenters. The average Bonchev–Trinajstić information content (AvgIpc) is 4.02. The van der Waals surface area contributed by atoms with E-state index in [2.05, 4.69) is 5.32 Å². The first-order valence-corrected chi connectivity index (χ1v) is 26.3. The van der Waals surface area contributed by atoms with Crippen molar-refractivity contribution in [2.45, 2.75) is 126 Å². The number of rotatable bonds is 19. The van der Waals surface area contributed by atoms with Gasteiger partial charge in [-0.1, -0.05) is 103 Å². The molecular weight excluding hydrogens is 1050 g/mol. The molecule has 0 bridgehead atoms. The third kappa shape index (κ3) is 14.9. The van der Waals surface area contributed by atoms with E-state index < -0.39 is 134 Å². The van der Waals surface area contributed by atoms with Crippen molar-refractivity contribution >= 4 is 41.9 Å². The largest absolute Gasteiger partial charge is 0.459 e. The Morgan fingerprint density at radius 1 is 0.531 bits per heavy atom. The standard InChI is InChI=1S/C60H65N3O18/c1-33(48(56(69)81-60(4,5)6)63-59(70)73-30-43-41-28-18-16-26-39(41)40-27-17-19-29-42(40)43)74-58-47(62)51(76-35(3)65)49(75-34(2)64)45(78-58)32-72-57-46(61)52(80-55(68)38-24-14-9-15-25-38)50(79-54(67)37-22-12-8-13-23-37)44(77-57)31-71-53(66)36-20-10-7-11-21-36/h7-29,33,43-52,57-58H,30-32,61-62H2,1-6H3,(H,63,70)/t33-,44-,45-,46-,47-,48+,49+,50-,51-,52-,57-,58+/m1/s1. The van der Waals surface area contributed by atoms with E-state index in [1.165, 1.54) is 43.3 Å². The first-order valence-electron chi connectivity index (χ1n) is 26.3. The molecule has 0 aromatic heterocycles. The predicted octanol–water partition coefficient (Wildman–Crippen LogP) is 5.93. The Kier molecular flexibility index (Phi) is 19.3. The van der Waals surface area contributed by atoms with Crippen LogP contribution in [-0.2, 0) is 66.5 Å². The van der Waals surface area contributed by atoms with Crippen LogP contribution in [0.5, 0.6) is 0 Å². The molecule has 21 heteroatoms. The summed E-state index contributed by atoms with van der Waals surface area (Å²) in [5.74, 6) is -5.39. The summed E-state index contributed by atoms with van der Waals surface area (Å²) in [7, 11) is 0. The number of esters is 6. The zero-order valence-corrected chi connectivity index (χ0v) is 45.4. The minimum absolute atomic E-state index is 0.0837. The minimum Gasteiger partial charge on any atom is -0.459 e. The molecular formula is C60H65N3O18. The van der Waals surface area contributed by atoms with Crippen molar-refractivity contribution in [2.24, 2.45) is 11.5 Å². The fourth-order valence-electron chi connectivity index (χ4n) is 9.68. The zero-order valence-electron chi connectivity index (χ0n) is 45.4. The number of fused-ring (bicyclic) bond motifs is 3. The van der Waals surface area contributed by atoms with E-state index in [1.54, 1.807) is 75.4 Å². The Morgan fingerprint density at radius 2 is 0.963 bits per heavy atom. The molecule has 0 radical (unpaired) electrons. The smallest absolute Gasteiger partial charge is 0.407 e. The van der Waals surface area contributed by atoms with Crippen molar-refractivity contribution in [1.29, 1.82) is 0 Å². The molecule has 2 heterocycles. The van der Waals surface area contributed by atoms with Crippen LogP contribution < -0.4 is 16.8 Å². The van der Waals surface area contributed by atoms with E-state index in [9.17, 15) is 33.6 Å². The Labute approximate surface area is 467 Å². The van der Waals surface area contributed by atoms with E-state index in [-0.39, 0.29) is 29.2 Å². The molecule has 12 atom stereocenters. The number of benzene rings is 5. The second-order valence-electron chi connectivity index (χ2n) is 20.5. The molecule has 0 spiro atoms. The number of amides is 1. The maximum Gasteiger partial charge on any atom is 0.407 e. The van der Waals surface area contributed by atoms with Gasteiger partial charge in [-0.3, -0.25) is 9.59 Å². The minimum atomic E-state index is -1.62. The van der Waals surface area contributed by atoms with Crippen LogP contribution in [0.3, 0.4) is 0 Å². The monoisotopic (exact) mass is 1120 g/mol. The molecule has 1 aliphatic carbocycles. The van der Waals surface area contributed by atoms with Crippen LogP contribution in [0.2, 0.25) is 0 Å². The summed E-state index contributed by atoms with van der Waals surface area (Å²) in [6.07, 6.45) is -14.5. The number of nitrogens with two attached hydrogens (primary N) is 2. The first-order chi connectivity index (χ1) is 38.8. The molecule has 5 aromatic rings. The number of hydrogen-bond acceptors (Lipinski definition) is 20. The van der Waals surface area contributed by atoms with Gasteiger partial charge in [0.1, 0.15) is 31.0 Å². The van der Waals surface area contributed by atoms with E-state index in [0.29, 0.717) is 0 Å². The fraction of sp³-hybridized carbons (Fsp3) is 0.383. The van der Waals surface area contributed by atoms with Gasteiger partial charge in [-0.05, 0) is 86.3 Å². The summed E-state index contributed by atoms with van der Waals surface area (Å²) in [5, 5.41) is 2.60. The molecule has 5 aromatic carbocycles. The topological polar surface area (TPSA) is 285 Å². The second-order valence-corrected chi connectivity index (χ2v) is 20.5. The zero-order chi connectivity index (χ0) is 58.0. The van der Waals surface area contributed by atoms with Gasteiger partial charge < -0.3 is 68.9 Å². The van der Waals surface area contributed by atoms with Gasteiger partial charge in [-0.2, -0.15) is 0 Å². The Hall–Kier alpha value is -8.05. The van der Waals surface area contributed by atoms with Gasteiger partial charge in [0, 0.05) is 19.8 Å². The molecule has 1 amide bonds. The van der Waals surface area contributed by atoms with Gasteiger partial charge in [-0.15, -0.1) is 0 Å². The normalized spacial score (nSPS) is 23.9.